The molecule has 0 amide bonds. The topological polar surface area (TPSA) is 47.8 Å². The zero-order valence-electron chi connectivity index (χ0n) is 8.60. The average Bonchev–Trinajstić information content (AvgIpc) is 2.60. The summed E-state index contributed by atoms with van der Waals surface area (Å²) in [6.45, 7) is 5.16. The van der Waals surface area contributed by atoms with Crippen molar-refractivity contribution in [2.24, 2.45) is 0 Å². The molecule has 1 unspecified atom stereocenters. The van der Waals surface area contributed by atoms with Gasteiger partial charge in [0, 0.05) is 12.5 Å². The molecule has 0 aliphatic carbocycles. The van der Waals surface area contributed by atoms with Gasteiger partial charge in [0.2, 0.25) is 0 Å². The van der Waals surface area contributed by atoms with Crippen LogP contribution in [0.1, 0.15) is 50.2 Å². The van der Waals surface area contributed by atoms with Gasteiger partial charge in [-0.1, -0.05) is 13.8 Å². The van der Waals surface area contributed by atoms with E-state index in [1.54, 1.807) is 0 Å². The molecular weight excluding hydrogens is 178 g/mol. The molecule has 0 spiro atoms. The standard InChI is InChI=1S/C10H15N3O/c1-7(2)9-11-12-10-8(6-14)4-3-5-13(9)10/h6-8H,3-5H2,1-2H3. The van der Waals surface area contributed by atoms with Gasteiger partial charge in [-0.2, -0.15) is 0 Å². The van der Waals surface area contributed by atoms with Crippen molar-refractivity contribution in [1.29, 1.82) is 0 Å². The van der Waals surface area contributed by atoms with Crippen LogP contribution in [0, 0.1) is 0 Å². The van der Waals surface area contributed by atoms with Crippen LogP contribution in [0.15, 0.2) is 0 Å². The summed E-state index contributed by atoms with van der Waals surface area (Å²) in [7, 11) is 0. The van der Waals surface area contributed by atoms with Crippen LogP contribution in [-0.2, 0) is 11.3 Å². The highest BCUT2D eigenvalue weighted by molar-refractivity contribution is 5.60. The summed E-state index contributed by atoms with van der Waals surface area (Å²) >= 11 is 0. The molecule has 76 valence electrons. The van der Waals surface area contributed by atoms with E-state index in [4.69, 9.17) is 0 Å². The molecular formula is C10H15N3O. The Kier molecular flexibility index (Phi) is 2.35. The van der Waals surface area contributed by atoms with E-state index >= 15 is 0 Å². The lowest BCUT2D eigenvalue weighted by Gasteiger charge is -2.20. The second kappa shape index (κ2) is 3.52. The van der Waals surface area contributed by atoms with Crippen LogP contribution < -0.4 is 0 Å². The van der Waals surface area contributed by atoms with Gasteiger partial charge in [0.15, 0.2) is 0 Å². The molecule has 0 radical (unpaired) electrons. The summed E-state index contributed by atoms with van der Waals surface area (Å²) in [4.78, 5) is 10.8. The zero-order valence-corrected chi connectivity index (χ0v) is 8.60. The molecule has 0 N–H and O–H groups in total. The van der Waals surface area contributed by atoms with E-state index in [9.17, 15) is 4.79 Å². The predicted molar refractivity (Wildman–Crippen MR) is 52.2 cm³/mol. The Hall–Kier alpha value is -1.19. The van der Waals surface area contributed by atoms with E-state index in [1.165, 1.54) is 0 Å². The summed E-state index contributed by atoms with van der Waals surface area (Å²) < 4.78 is 2.10. The van der Waals surface area contributed by atoms with E-state index in [0.29, 0.717) is 5.92 Å². The van der Waals surface area contributed by atoms with Crippen LogP contribution in [0.3, 0.4) is 0 Å². The first-order chi connectivity index (χ1) is 6.74. The van der Waals surface area contributed by atoms with Crippen LogP contribution in [-0.4, -0.2) is 21.1 Å². The largest absolute Gasteiger partial charge is 0.314 e. The van der Waals surface area contributed by atoms with Gasteiger partial charge in [0.05, 0.1) is 5.92 Å². The monoisotopic (exact) mass is 193 g/mol. The van der Waals surface area contributed by atoms with Crippen molar-refractivity contribution in [1.82, 2.24) is 14.8 Å². The molecule has 1 atom stereocenters. The Morgan fingerprint density at radius 1 is 1.50 bits per heavy atom. The van der Waals surface area contributed by atoms with E-state index in [0.717, 1.165) is 37.3 Å². The summed E-state index contributed by atoms with van der Waals surface area (Å²) in [5.41, 5.74) is 0. The maximum Gasteiger partial charge on any atom is 0.143 e. The first kappa shape index (κ1) is 9.37. The van der Waals surface area contributed by atoms with Gasteiger partial charge in [-0.05, 0) is 12.8 Å². The van der Waals surface area contributed by atoms with Crippen molar-refractivity contribution < 1.29 is 4.79 Å². The molecule has 1 aliphatic rings. The molecule has 0 bridgehead atoms. The summed E-state index contributed by atoms with van der Waals surface area (Å²) in [5.74, 6) is 2.20. The van der Waals surface area contributed by atoms with Crippen molar-refractivity contribution in [3.8, 4) is 0 Å². The average molecular weight is 193 g/mol. The minimum Gasteiger partial charge on any atom is -0.314 e. The third-order valence-corrected chi connectivity index (χ3v) is 2.72. The summed E-state index contributed by atoms with van der Waals surface area (Å²) in [6, 6.07) is 0. The predicted octanol–water partition coefficient (Wildman–Crippen LogP) is 1.48. The molecule has 1 aliphatic heterocycles. The molecule has 0 fully saturated rings. The van der Waals surface area contributed by atoms with Crippen LogP contribution in [0.4, 0.5) is 0 Å². The minimum absolute atomic E-state index is 0.0382. The second-order valence-electron chi connectivity index (χ2n) is 4.11. The highest BCUT2D eigenvalue weighted by atomic mass is 16.1. The van der Waals surface area contributed by atoms with E-state index < -0.39 is 0 Å². The molecule has 1 aromatic rings. The van der Waals surface area contributed by atoms with Gasteiger partial charge < -0.3 is 9.36 Å². The number of fused-ring (bicyclic) bond motifs is 1. The highest BCUT2D eigenvalue weighted by Gasteiger charge is 2.25. The van der Waals surface area contributed by atoms with Gasteiger partial charge >= 0.3 is 0 Å². The fourth-order valence-electron chi connectivity index (χ4n) is 1.99. The fourth-order valence-corrected chi connectivity index (χ4v) is 1.99. The van der Waals surface area contributed by atoms with Crippen LogP contribution in [0.25, 0.3) is 0 Å². The van der Waals surface area contributed by atoms with Crippen LogP contribution in [0.5, 0.6) is 0 Å². The Bertz CT molecular complexity index is 343. The number of aromatic nitrogens is 3. The summed E-state index contributed by atoms with van der Waals surface area (Å²) in [5, 5.41) is 8.26. The first-order valence-electron chi connectivity index (χ1n) is 5.12. The Morgan fingerprint density at radius 2 is 2.29 bits per heavy atom. The zero-order chi connectivity index (χ0) is 10.1. The molecule has 0 saturated heterocycles. The smallest absolute Gasteiger partial charge is 0.143 e. The van der Waals surface area contributed by atoms with Gasteiger partial charge in [-0.3, -0.25) is 0 Å². The molecule has 0 saturated carbocycles. The number of hydrogen-bond donors (Lipinski definition) is 0. The third-order valence-electron chi connectivity index (χ3n) is 2.72. The number of carbonyl (C=O) groups is 1. The number of rotatable bonds is 2. The second-order valence-corrected chi connectivity index (χ2v) is 4.11. The number of hydrogen-bond acceptors (Lipinski definition) is 3. The number of carbonyl (C=O) groups excluding carboxylic acids is 1. The molecule has 2 heterocycles. The van der Waals surface area contributed by atoms with Crippen LogP contribution >= 0.6 is 0 Å². The minimum atomic E-state index is -0.0382. The van der Waals surface area contributed by atoms with Gasteiger partial charge in [-0.15, -0.1) is 10.2 Å². The van der Waals surface area contributed by atoms with Crippen molar-refractivity contribution in [2.75, 3.05) is 0 Å². The molecule has 4 heteroatoms. The van der Waals surface area contributed by atoms with E-state index in [1.807, 2.05) is 0 Å². The molecule has 0 aromatic carbocycles. The summed E-state index contributed by atoms with van der Waals surface area (Å²) in [6.07, 6.45) is 2.96. The van der Waals surface area contributed by atoms with Crippen molar-refractivity contribution >= 4 is 6.29 Å². The first-order valence-corrected chi connectivity index (χ1v) is 5.12. The SMILES string of the molecule is CC(C)c1nnc2n1CCCC2C=O. The van der Waals surface area contributed by atoms with Crippen molar-refractivity contribution in [2.45, 2.75) is 45.1 Å². The van der Waals surface area contributed by atoms with E-state index in [-0.39, 0.29) is 5.92 Å². The quantitative estimate of drug-likeness (QED) is 0.668. The highest BCUT2D eigenvalue weighted by Crippen LogP contribution is 2.26. The lowest BCUT2D eigenvalue weighted by molar-refractivity contribution is -0.109. The van der Waals surface area contributed by atoms with Crippen LogP contribution in [0.2, 0.25) is 0 Å². The molecule has 4 nitrogen and oxygen atoms in total. The van der Waals surface area contributed by atoms with Gasteiger partial charge in [0.25, 0.3) is 0 Å². The Balaban J connectivity index is 2.42. The van der Waals surface area contributed by atoms with Crippen molar-refractivity contribution in [3.05, 3.63) is 11.6 Å². The molecule has 1 aromatic heterocycles. The molecule has 2 rings (SSSR count). The number of nitrogens with zero attached hydrogens (tertiary/aromatic N) is 3. The maximum atomic E-state index is 10.8. The Labute approximate surface area is 83.3 Å². The molecule has 14 heavy (non-hydrogen) atoms. The lowest BCUT2D eigenvalue weighted by atomic mass is 10.0. The maximum absolute atomic E-state index is 10.8. The third kappa shape index (κ3) is 1.35. The normalized spacial score (nSPS) is 20.9. The van der Waals surface area contributed by atoms with Crippen molar-refractivity contribution in [3.63, 3.8) is 0 Å². The Morgan fingerprint density at radius 3 is 2.93 bits per heavy atom. The van der Waals surface area contributed by atoms with E-state index in [2.05, 4.69) is 28.6 Å². The number of aldehydes is 1. The van der Waals surface area contributed by atoms with Gasteiger partial charge in [-0.25, -0.2) is 0 Å². The fraction of sp³-hybridized carbons (Fsp3) is 0.700. The lowest BCUT2D eigenvalue weighted by Crippen LogP contribution is -2.19. The van der Waals surface area contributed by atoms with Gasteiger partial charge in [0.1, 0.15) is 17.9 Å².